The molecule has 11 heteroatoms. The van der Waals surface area contributed by atoms with E-state index in [1.807, 2.05) is 0 Å². The van der Waals surface area contributed by atoms with Crippen LogP contribution in [0.3, 0.4) is 0 Å². The molecule has 30 heavy (non-hydrogen) atoms. The molecule has 0 saturated carbocycles. The number of halogens is 1. The average molecular weight is 452 g/mol. The first-order valence-corrected chi connectivity index (χ1v) is 11.0. The molecule has 1 heterocycles. The zero-order valence-electron chi connectivity index (χ0n) is 16.7. The summed E-state index contributed by atoms with van der Waals surface area (Å²) in [5, 5.41) is 5.73. The largest absolute Gasteiger partial charge is 0.362 e. The van der Waals surface area contributed by atoms with Gasteiger partial charge >= 0.3 is 0 Å². The summed E-state index contributed by atoms with van der Waals surface area (Å²) in [5.74, 6) is -0.0192. The first kappa shape index (κ1) is 23.3. The number of carbonyl (C=O) groups is 2. The standard InChI is InChI=1S/C19H22ClN5O4S/c1-25(2)18(24-30(3,28)29)13-4-6-14(7-5-13)19(27)21-11-10-17(26)23-16-9-8-15(20)12-22-16/h4-9,12H,10-11H2,1-3H3,(H,21,27)(H,22,23,26). The second-order valence-electron chi connectivity index (χ2n) is 6.54. The molecular formula is C19H22ClN5O4S. The van der Waals surface area contributed by atoms with Crippen molar-refractivity contribution in [1.82, 2.24) is 15.2 Å². The quantitative estimate of drug-likeness (QED) is 0.488. The summed E-state index contributed by atoms with van der Waals surface area (Å²) in [4.78, 5) is 29.7. The van der Waals surface area contributed by atoms with Crippen molar-refractivity contribution in [3.8, 4) is 0 Å². The maximum Gasteiger partial charge on any atom is 0.252 e. The van der Waals surface area contributed by atoms with Crippen LogP contribution in [-0.4, -0.2) is 62.8 Å². The van der Waals surface area contributed by atoms with E-state index in [1.165, 1.54) is 6.20 Å². The number of amidine groups is 1. The van der Waals surface area contributed by atoms with Gasteiger partial charge in [0.1, 0.15) is 11.7 Å². The van der Waals surface area contributed by atoms with E-state index in [4.69, 9.17) is 11.6 Å². The van der Waals surface area contributed by atoms with Crippen LogP contribution in [0.4, 0.5) is 5.82 Å². The van der Waals surface area contributed by atoms with Crippen LogP contribution in [0.15, 0.2) is 47.0 Å². The van der Waals surface area contributed by atoms with Gasteiger partial charge in [0.15, 0.2) is 0 Å². The molecule has 0 aliphatic heterocycles. The number of anilines is 1. The molecule has 1 aromatic heterocycles. The highest BCUT2D eigenvalue weighted by atomic mass is 35.5. The van der Waals surface area contributed by atoms with Gasteiger partial charge in [-0.3, -0.25) is 9.59 Å². The Morgan fingerprint density at radius 1 is 1.10 bits per heavy atom. The number of nitrogens with zero attached hydrogens (tertiary/aromatic N) is 3. The first-order valence-electron chi connectivity index (χ1n) is 8.82. The number of carbonyl (C=O) groups excluding carboxylic acids is 2. The van der Waals surface area contributed by atoms with Crippen molar-refractivity contribution in [2.45, 2.75) is 6.42 Å². The van der Waals surface area contributed by atoms with Crippen LogP contribution in [0.1, 0.15) is 22.3 Å². The van der Waals surface area contributed by atoms with Crippen molar-refractivity contribution >= 4 is 45.1 Å². The lowest BCUT2D eigenvalue weighted by atomic mass is 10.1. The highest BCUT2D eigenvalue weighted by Gasteiger charge is 2.12. The zero-order valence-corrected chi connectivity index (χ0v) is 18.3. The van der Waals surface area contributed by atoms with Crippen LogP contribution in [0.5, 0.6) is 0 Å². The third kappa shape index (κ3) is 7.45. The number of nitrogens with one attached hydrogen (secondary N) is 2. The smallest absolute Gasteiger partial charge is 0.252 e. The van der Waals surface area contributed by atoms with Gasteiger partial charge in [0.05, 0.1) is 11.3 Å². The van der Waals surface area contributed by atoms with Crippen molar-refractivity contribution in [2.24, 2.45) is 4.40 Å². The Labute approximate surface area is 180 Å². The predicted octanol–water partition coefficient (Wildman–Crippen LogP) is 1.76. The van der Waals surface area contributed by atoms with Crippen molar-refractivity contribution in [3.63, 3.8) is 0 Å². The molecule has 0 spiro atoms. The SMILES string of the molecule is CN(C)C(=NS(C)(=O)=O)c1ccc(C(=O)NCCC(=O)Nc2ccc(Cl)cn2)cc1. The summed E-state index contributed by atoms with van der Waals surface area (Å²) < 4.78 is 26.7. The number of pyridine rings is 1. The molecule has 2 rings (SSSR count). The summed E-state index contributed by atoms with van der Waals surface area (Å²) in [5.41, 5.74) is 0.924. The van der Waals surface area contributed by atoms with Gasteiger partial charge in [0, 0.05) is 44.4 Å². The number of amides is 2. The van der Waals surface area contributed by atoms with Gasteiger partial charge in [-0.1, -0.05) is 23.7 Å². The monoisotopic (exact) mass is 451 g/mol. The third-order valence-corrected chi connectivity index (χ3v) is 4.44. The summed E-state index contributed by atoms with van der Waals surface area (Å²) in [6.45, 7) is 0.137. The predicted molar refractivity (Wildman–Crippen MR) is 116 cm³/mol. The molecular weight excluding hydrogens is 430 g/mol. The van der Waals surface area contributed by atoms with E-state index in [0.717, 1.165) is 6.26 Å². The number of sulfonamides is 1. The Bertz CT molecular complexity index is 1040. The normalized spacial score (nSPS) is 11.7. The minimum atomic E-state index is -3.57. The molecule has 2 N–H and O–H groups in total. The Balaban J connectivity index is 1.92. The molecule has 0 aliphatic rings. The molecule has 0 bridgehead atoms. The molecule has 2 aromatic rings. The number of rotatable bonds is 7. The molecule has 2 amide bonds. The number of hydrogen-bond acceptors (Lipinski definition) is 5. The maximum absolute atomic E-state index is 12.3. The van der Waals surface area contributed by atoms with Crippen LogP contribution in [0, 0.1) is 0 Å². The highest BCUT2D eigenvalue weighted by molar-refractivity contribution is 7.89. The Hall–Kier alpha value is -2.98. The fourth-order valence-electron chi connectivity index (χ4n) is 2.37. The lowest BCUT2D eigenvalue weighted by molar-refractivity contribution is -0.116. The van der Waals surface area contributed by atoms with E-state index in [9.17, 15) is 18.0 Å². The fourth-order valence-corrected chi connectivity index (χ4v) is 3.06. The molecule has 0 saturated heterocycles. The summed E-state index contributed by atoms with van der Waals surface area (Å²) in [6, 6.07) is 9.52. The van der Waals surface area contributed by atoms with E-state index < -0.39 is 10.0 Å². The van der Waals surface area contributed by atoms with Gasteiger partial charge in [-0.2, -0.15) is 0 Å². The highest BCUT2D eigenvalue weighted by Crippen LogP contribution is 2.10. The number of hydrogen-bond donors (Lipinski definition) is 2. The Morgan fingerprint density at radius 3 is 2.27 bits per heavy atom. The number of aromatic nitrogens is 1. The minimum absolute atomic E-state index is 0.0694. The maximum atomic E-state index is 12.3. The van der Waals surface area contributed by atoms with E-state index in [2.05, 4.69) is 20.0 Å². The topological polar surface area (TPSA) is 121 Å². The van der Waals surface area contributed by atoms with Gasteiger partial charge in [-0.05, 0) is 24.3 Å². The summed E-state index contributed by atoms with van der Waals surface area (Å²) in [7, 11) is -0.218. The molecule has 0 aliphatic carbocycles. The zero-order chi connectivity index (χ0) is 22.3. The van der Waals surface area contributed by atoms with Gasteiger partial charge in [-0.15, -0.1) is 4.40 Å². The van der Waals surface area contributed by atoms with Crippen molar-refractivity contribution in [2.75, 3.05) is 32.2 Å². The molecule has 0 radical (unpaired) electrons. The van der Waals surface area contributed by atoms with Gasteiger partial charge in [-0.25, -0.2) is 13.4 Å². The Kier molecular flexibility index (Phi) is 7.90. The van der Waals surface area contributed by atoms with Gasteiger partial charge < -0.3 is 15.5 Å². The number of benzene rings is 1. The second kappa shape index (κ2) is 10.2. The average Bonchev–Trinajstić information content (AvgIpc) is 2.67. The molecule has 1 aromatic carbocycles. The molecule has 9 nitrogen and oxygen atoms in total. The molecule has 0 unspecified atom stereocenters. The van der Waals surface area contributed by atoms with Crippen molar-refractivity contribution in [3.05, 3.63) is 58.7 Å². The second-order valence-corrected chi connectivity index (χ2v) is 8.62. The lowest BCUT2D eigenvalue weighted by Gasteiger charge is -2.15. The van der Waals surface area contributed by atoms with Crippen molar-refractivity contribution < 1.29 is 18.0 Å². The van der Waals surface area contributed by atoms with Gasteiger partial charge in [0.25, 0.3) is 15.9 Å². The Morgan fingerprint density at radius 2 is 1.73 bits per heavy atom. The van der Waals surface area contributed by atoms with Crippen LogP contribution in [0.25, 0.3) is 0 Å². The summed E-state index contributed by atoms with van der Waals surface area (Å²) in [6.07, 6.45) is 2.50. The third-order valence-electron chi connectivity index (χ3n) is 3.71. The van der Waals surface area contributed by atoms with Crippen LogP contribution in [0.2, 0.25) is 5.02 Å². The first-order chi connectivity index (χ1) is 14.0. The van der Waals surface area contributed by atoms with Crippen molar-refractivity contribution in [1.29, 1.82) is 0 Å². The van der Waals surface area contributed by atoms with Gasteiger partial charge in [0.2, 0.25) is 5.91 Å². The van der Waals surface area contributed by atoms with E-state index in [-0.39, 0.29) is 30.6 Å². The van der Waals surface area contributed by atoms with E-state index in [1.54, 1.807) is 55.4 Å². The lowest BCUT2D eigenvalue weighted by Crippen LogP contribution is -2.28. The van der Waals surface area contributed by atoms with Crippen LogP contribution in [-0.2, 0) is 14.8 Å². The van der Waals surface area contributed by atoms with E-state index >= 15 is 0 Å². The summed E-state index contributed by atoms with van der Waals surface area (Å²) >= 11 is 5.74. The minimum Gasteiger partial charge on any atom is -0.362 e. The van der Waals surface area contributed by atoms with Crippen LogP contribution >= 0.6 is 11.6 Å². The van der Waals surface area contributed by atoms with Crippen LogP contribution < -0.4 is 10.6 Å². The fraction of sp³-hybridized carbons (Fsp3) is 0.263. The molecule has 0 atom stereocenters. The molecule has 160 valence electrons. The van der Waals surface area contributed by atoms with E-state index in [0.29, 0.717) is 22.0 Å². The molecule has 0 fully saturated rings.